The summed E-state index contributed by atoms with van der Waals surface area (Å²) in [5.41, 5.74) is 0.0823. The topological polar surface area (TPSA) is 9.23 Å². The van der Waals surface area contributed by atoms with Crippen LogP contribution in [0.2, 0.25) is 0 Å². The third-order valence-electron chi connectivity index (χ3n) is 4.92. The van der Waals surface area contributed by atoms with Gasteiger partial charge in [0.15, 0.2) is 0 Å². The summed E-state index contributed by atoms with van der Waals surface area (Å²) in [4.78, 5) is 0. The molecule has 1 nitrogen and oxygen atoms in total. The van der Waals surface area contributed by atoms with Gasteiger partial charge < -0.3 is 4.74 Å². The third kappa shape index (κ3) is 2.18. The molecule has 0 aromatic carbocycles. The van der Waals surface area contributed by atoms with Crippen molar-refractivity contribution in [1.82, 2.24) is 0 Å². The van der Waals surface area contributed by atoms with Crippen LogP contribution in [0.15, 0.2) is 0 Å². The first-order chi connectivity index (χ1) is 7.87. The van der Waals surface area contributed by atoms with Crippen molar-refractivity contribution in [3.63, 3.8) is 0 Å². The molecule has 1 heterocycles. The van der Waals surface area contributed by atoms with Crippen molar-refractivity contribution in [3.05, 3.63) is 0 Å². The second-order valence-corrected chi connectivity index (χ2v) is 7.11. The van der Waals surface area contributed by atoms with Crippen LogP contribution >= 0.6 is 0 Å². The van der Waals surface area contributed by atoms with Gasteiger partial charge in [-0.1, -0.05) is 34.6 Å². The van der Waals surface area contributed by atoms with E-state index < -0.39 is 0 Å². The first kappa shape index (κ1) is 13.5. The van der Waals surface area contributed by atoms with Crippen molar-refractivity contribution >= 4 is 7.85 Å². The zero-order valence-electron chi connectivity index (χ0n) is 12.1. The molecular weight excluding hydrogens is 207 g/mol. The fourth-order valence-electron chi connectivity index (χ4n) is 4.58. The molecule has 2 aliphatic rings. The minimum atomic E-state index is -0.0290. The molecule has 0 amide bonds. The number of ether oxygens (including phenoxy) is 1. The molecule has 17 heavy (non-hydrogen) atoms. The van der Waals surface area contributed by atoms with E-state index in [1.54, 1.807) is 0 Å². The molecule has 0 aromatic heterocycles. The Morgan fingerprint density at radius 1 is 1.29 bits per heavy atom. The summed E-state index contributed by atoms with van der Waals surface area (Å²) in [6.45, 7) is 11.6. The monoisotopic (exact) mass is 234 g/mol. The molecule has 0 N–H and O–H groups in total. The van der Waals surface area contributed by atoms with Crippen molar-refractivity contribution in [3.8, 4) is 0 Å². The van der Waals surface area contributed by atoms with E-state index in [1.165, 1.54) is 19.3 Å². The van der Waals surface area contributed by atoms with Crippen LogP contribution in [-0.2, 0) is 4.74 Å². The highest BCUT2D eigenvalue weighted by Gasteiger charge is 2.57. The van der Waals surface area contributed by atoms with Gasteiger partial charge >= 0.3 is 0 Å². The second-order valence-electron chi connectivity index (χ2n) is 7.11. The average molecular weight is 234 g/mol. The Labute approximate surface area is 108 Å². The van der Waals surface area contributed by atoms with Gasteiger partial charge in [-0.25, -0.2) is 0 Å². The molecule has 96 valence electrons. The Hall–Kier alpha value is 0.0249. The minimum Gasteiger partial charge on any atom is -0.381 e. The summed E-state index contributed by atoms with van der Waals surface area (Å²) >= 11 is 0. The molecule has 0 spiro atoms. The molecule has 5 unspecified atom stereocenters. The first-order valence-corrected chi connectivity index (χ1v) is 7.31. The van der Waals surface area contributed by atoms with E-state index in [4.69, 9.17) is 12.6 Å². The lowest BCUT2D eigenvalue weighted by Crippen LogP contribution is -2.45. The molecule has 2 fully saturated rings. The third-order valence-corrected chi connectivity index (χ3v) is 4.92. The molecule has 2 heteroatoms. The minimum absolute atomic E-state index is 0.0290. The Kier molecular flexibility index (Phi) is 3.65. The summed E-state index contributed by atoms with van der Waals surface area (Å²) in [5, 5.41) is 0. The molecule has 0 aromatic rings. The number of rotatable bonds is 3. The van der Waals surface area contributed by atoms with E-state index in [2.05, 4.69) is 34.6 Å². The van der Waals surface area contributed by atoms with Gasteiger partial charge in [0.2, 0.25) is 0 Å². The smallest absolute Gasteiger partial charge is 0.109 e. The van der Waals surface area contributed by atoms with E-state index in [0.29, 0.717) is 23.7 Å². The van der Waals surface area contributed by atoms with Gasteiger partial charge in [-0.3, -0.25) is 0 Å². The van der Waals surface area contributed by atoms with Gasteiger partial charge in [-0.05, 0) is 48.9 Å². The highest BCUT2D eigenvalue weighted by molar-refractivity contribution is 6.11. The Balaban J connectivity index is 2.30. The fraction of sp³-hybridized carbons (Fsp3) is 1.00. The van der Waals surface area contributed by atoms with Crippen LogP contribution in [0.1, 0.15) is 53.9 Å². The average Bonchev–Trinajstić information content (AvgIpc) is 2.41. The van der Waals surface area contributed by atoms with Gasteiger partial charge in [-0.2, -0.15) is 0 Å². The second kappa shape index (κ2) is 4.61. The summed E-state index contributed by atoms with van der Waals surface area (Å²) in [5.74, 6) is 3.32. The van der Waals surface area contributed by atoms with Crippen LogP contribution in [0.25, 0.3) is 0 Å². The molecule has 1 saturated carbocycles. The van der Waals surface area contributed by atoms with E-state index in [9.17, 15) is 0 Å². The van der Waals surface area contributed by atoms with Crippen molar-refractivity contribution in [2.75, 3.05) is 0 Å². The van der Waals surface area contributed by atoms with Crippen LogP contribution in [0.4, 0.5) is 0 Å². The predicted octanol–water partition coefficient (Wildman–Crippen LogP) is 3.61. The maximum atomic E-state index is 6.31. The van der Waals surface area contributed by atoms with Gasteiger partial charge in [0.1, 0.15) is 7.85 Å². The molecule has 2 radical (unpaired) electrons. The molecular formula is C15H27BO. The summed E-state index contributed by atoms with van der Waals surface area (Å²) < 4.78 is 6.31. The van der Waals surface area contributed by atoms with Crippen molar-refractivity contribution in [2.24, 2.45) is 29.6 Å². The lowest BCUT2D eigenvalue weighted by molar-refractivity contribution is -0.0715. The van der Waals surface area contributed by atoms with Crippen LogP contribution in [0.5, 0.6) is 0 Å². The standard InChI is InChI=1S/C15H27BO/c1-9(2)8-15-7-6-11(5)12(14(16)17-15)13(15)10(3)4/h9-14H,6-8H2,1-5H3. The first-order valence-electron chi connectivity index (χ1n) is 7.31. The van der Waals surface area contributed by atoms with E-state index >= 15 is 0 Å². The quantitative estimate of drug-likeness (QED) is 0.678. The van der Waals surface area contributed by atoms with Crippen molar-refractivity contribution in [1.29, 1.82) is 0 Å². The van der Waals surface area contributed by atoms with E-state index in [-0.39, 0.29) is 11.6 Å². The Morgan fingerprint density at radius 2 is 1.94 bits per heavy atom. The fourth-order valence-corrected chi connectivity index (χ4v) is 4.58. The molecule has 1 saturated heterocycles. The van der Waals surface area contributed by atoms with Gasteiger partial charge in [0, 0.05) is 6.00 Å². The maximum Gasteiger partial charge on any atom is 0.109 e. The molecule has 5 atom stereocenters. The van der Waals surface area contributed by atoms with Crippen molar-refractivity contribution in [2.45, 2.75) is 65.5 Å². The molecule has 1 aliphatic heterocycles. The SMILES string of the molecule is [B]C1OC2(CC(C)C)CCC(C)C1C2C(C)C. The zero-order chi connectivity index (χ0) is 12.8. The van der Waals surface area contributed by atoms with E-state index in [0.717, 1.165) is 5.92 Å². The molecule has 2 bridgehead atoms. The van der Waals surface area contributed by atoms with Gasteiger partial charge in [-0.15, -0.1) is 0 Å². The highest BCUT2D eigenvalue weighted by atomic mass is 16.5. The lowest BCUT2D eigenvalue weighted by atomic mass is 9.58. The number of hydrogen-bond acceptors (Lipinski definition) is 1. The van der Waals surface area contributed by atoms with Crippen LogP contribution in [0.3, 0.4) is 0 Å². The highest BCUT2D eigenvalue weighted by Crippen LogP contribution is 2.56. The Morgan fingerprint density at radius 3 is 2.47 bits per heavy atom. The number of fused-ring (bicyclic) bond motifs is 2. The van der Waals surface area contributed by atoms with Gasteiger partial charge in [0.05, 0.1) is 5.60 Å². The number of hydrogen-bond donors (Lipinski definition) is 0. The zero-order valence-corrected chi connectivity index (χ0v) is 12.1. The molecule has 1 aliphatic carbocycles. The predicted molar refractivity (Wildman–Crippen MR) is 73.0 cm³/mol. The van der Waals surface area contributed by atoms with Crippen molar-refractivity contribution < 1.29 is 4.74 Å². The lowest BCUT2D eigenvalue weighted by Gasteiger charge is -2.45. The van der Waals surface area contributed by atoms with Gasteiger partial charge in [0.25, 0.3) is 0 Å². The van der Waals surface area contributed by atoms with Crippen LogP contribution in [0, 0.1) is 29.6 Å². The maximum absolute atomic E-state index is 6.31. The summed E-state index contributed by atoms with van der Waals surface area (Å²) in [6.07, 6.45) is 3.67. The largest absolute Gasteiger partial charge is 0.381 e. The van der Waals surface area contributed by atoms with Crippen LogP contribution < -0.4 is 0 Å². The van der Waals surface area contributed by atoms with E-state index in [1.807, 2.05) is 0 Å². The van der Waals surface area contributed by atoms with Crippen LogP contribution in [-0.4, -0.2) is 19.5 Å². The summed E-state index contributed by atoms with van der Waals surface area (Å²) in [7, 11) is 6.28. The normalized spacial score (nSPS) is 45.8. The Bertz CT molecular complexity index is 276. The summed E-state index contributed by atoms with van der Waals surface area (Å²) in [6, 6.07) is -0.0290. The molecule has 2 rings (SSSR count).